The number of aromatic nitrogens is 1. The Bertz CT molecular complexity index is 310. The van der Waals surface area contributed by atoms with Crippen LogP contribution >= 0.6 is 28.3 Å². The van der Waals surface area contributed by atoms with E-state index in [1.165, 1.54) is 18.3 Å². The molecule has 1 heterocycles. The largest absolute Gasteiger partial charge is 0.390 e. The topological polar surface area (TPSA) is 59.1 Å². The molecule has 7 heteroatoms. The van der Waals surface area contributed by atoms with Gasteiger partial charge in [0.05, 0.1) is 6.04 Å². The Morgan fingerprint density at radius 1 is 1.53 bits per heavy atom. The van der Waals surface area contributed by atoms with Gasteiger partial charge in [-0.05, 0) is 27.6 Å². The summed E-state index contributed by atoms with van der Waals surface area (Å²) in [6.07, 6.45) is 1.25. The zero-order valence-corrected chi connectivity index (χ0v) is 9.93. The van der Waals surface area contributed by atoms with Crippen LogP contribution in [0.4, 0.5) is 8.78 Å². The van der Waals surface area contributed by atoms with Crippen molar-refractivity contribution < 1.29 is 13.9 Å². The third kappa shape index (κ3) is 3.64. The lowest BCUT2D eigenvalue weighted by Gasteiger charge is -2.21. The number of nitrogens with zero attached hydrogens (tertiary/aromatic N) is 1. The van der Waals surface area contributed by atoms with Crippen molar-refractivity contribution in [3.05, 3.63) is 28.5 Å². The van der Waals surface area contributed by atoms with Crippen LogP contribution < -0.4 is 5.73 Å². The van der Waals surface area contributed by atoms with Gasteiger partial charge in [0.25, 0.3) is 5.92 Å². The molecule has 1 rings (SSSR count). The number of pyridine rings is 1. The standard InChI is InChI=1S/C8H9BrF2N2O.ClH/c9-6-2-1-5(3-13-6)7(12)8(10,11)4-14;/h1-3,7,14H,4,12H2;1H/t7-;/m1./s1. The smallest absolute Gasteiger partial charge is 0.289 e. The van der Waals surface area contributed by atoms with Crippen LogP contribution in [0.15, 0.2) is 22.9 Å². The summed E-state index contributed by atoms with van der Waals surface area (Å²) in [5.41, 5.74) is 5.46. The van der Waals surface area contributed by atoms with Gasteiger partial charge >= 0.3 is 0 Å². The summed E-state index contributed by atoms with van der Waals surface area (Å²) < 4.78 is 26.4. The van der Waals surface area contributed by atoms with Crippen molar-refractivity contribution in [2.45, 2.75) is 12.0 Å². The second-order valence-corrected chi connectivity index (χ2v) is 3.62. The second-order valence-electron chi connectivity index (χ2n) is 2.81. The van der Waals surface area contributed by atoms with Crippen LogP contribution in [0.1, 0.15) is 11.6 Å². The van der Waals surface area contributed by atoms with E-state index in [-0.39, 0.29) is 18.0 Å². The average molecular weight is 304 g/mol. The fourth-order valence-corrected chi connectivity index (χ4v) is 1.15. The normalized spacial score (nSPS) is 13.1. The van der Waals surface area contributed by atoms with E-state index in [0.717, 1.165) is 0 Å². The minimum atomic E-state index is -3.32. The molecule has 0 aliphatic heterocycles. The molecule has 0 fully saturated rings. The molecule has 0 aliphatic carbocycles. The highest BCUT2D eigenvalue weighted by atomic mass is 79.9. The summed E-state index contributed by atoms with van der Waals surface area (Å²) >= 11 is 3.07. The molecule has 15 heavy (non-hydrogen) atoms. The minimum absolute atomic E-state index is 0. The van der Waals surface area contributed by atoms with Crippen molar-refractivity contribution in [3.63, 3.8) is 0 Å². The number of hydrogen-bond acceptors (Lipinski definition) is 3. The summed E-state index contributed by atoms with van der Waals surface area (Å²) in [5, 5.41) is 8.42. The van der Waals surface area contributed by atoms with E-state index in [1.54, 1.807) is 0 Å². The maximum atomic E-state index is 12.9. The predicted octanol–water partition coefficient (Wildman–Crippen LogP) is 1.89. The lowest BCUT2D eigenvalue weighted by Crippen LogP contribution is -2.36. The number of alkyl halides is 2. The molecule has 0 saturated heterocycles. The van der Waals surface area contributed by atoms with Crippen molar-refractivity contribution in [3.8, 4) is 0 Å². The van der Waals surface area contributed by atoms with Crippen molar-refractivity contribution in [2.75, 3.05) is 6.61 Å². The van der Waals surface area contributed by atoms with Crippen LogP contribution in [-0.4, -0.2) is 22.6 Å². The van der Waals surface area contributed by atoms with Gasteiger partial charge in [-0.15, -0.1) is 12.4 Å². The van der Waals surface area contributed by atoms with E-state index in [4.69, 9.17) is 10.8 Å². The third-order valence-electron chi connectivity index (χ3n) is 1.78. The van der Waals surface area contributed by atoms with Crippen molar-refractivity contribution in [1.29, 1.82) is 0 Å². The molecule has 0 radical (unpaired) electrons. The Morgan fingerprint density at radius 2 is 2.13 bits per heavy atom. The molecule has 0 amide bonds. The summed E-state index contributed by atoms with van der Waals surface area (Å²) in [6.45, 7) is -1.27. The Hall–Kier alpha value is -0.300. The van der Waals surface area contributed by atoms with Gasteiger partial charge in [0.2, 0.25) is 0 Å². The Balaban J connectivity index is 0.00000196. The highest BCUT2D eigenvalue weighted by Crippen LogP contribution is 2.28. The van der Waals surface area contributed by atoms with E-state index in [0.29, 0.717) is 4.60 Å². The molecule has 86 valence electrons. The van der Waals surface area contributed by atoms with E-state index in [2.05, 4.69) is 20.9 Å². The van der Waals surface area contributed by atoms with Crippen LogP contribution in [0.5, 0.6) is 0 Å². The van der Waals surface area contributed by atoms with Gasteiger partial charge in [0, 0.05) is 6.20 Å². The van der Waals surface area contributed by atoms with Crippen LogP contribution in [0.3, 0.4) is 0 Å². The molecule has 0 spiro atoms. The lowest BCUT2D eigenvalue weighted by molar-refractivity contribution is -0.0712. The molecular weight excluding hydrogens is 293 g/mol. The molecule has 1 aromatic rings. The fraction of sp³-hybridized carbons (Fsp3) is 0.375. The van der Waals surface area contributed by atoms with Gasteiger partial charge in [-0.1, -0.05) is 6.07 Å². The molecule has 0 aromatic carbocycles. The second kappa shape index (κ2) is 5.69. The van der Waals surface area contributed by atoms with Crippen LogP contribution in [-0.2, 0) is 0 Å². The third-order valence-corrected chi connectivity index (χ3v) is 2.24. The Kier molecular flexibility index (Phi) is 5.58. The lowest BCUT2D eigenvalue weighted by atomic mass is 10.0. The molecule has 0 bridgehead atoms. The molecule has 0 unspecified atom stereocenters. The molecular formula is C8H10BrClF2N2O. The monoisotopic (exact) mass is 302 g/mol. The number of nitrogens with two attached hydrogens (primary N) is 1. The highest BCUT2D eigenvalue weighted by Gasteiger charge is 2.37. The van der Waals surface area contributed by atoms with Crippen molar-refractivity contribution >= 4 is 28.3 Å². The van der Waals surface area contributed by atoms with Gasteiger partial charge in [0.1, 0.15) is 11.2 Å². The zero-order valence-electron chi connectivity index (χ0n) is 7.53. The first-order valence-electron chi connectivity index (χ1n) is 3.83. The van der Waals surface area contributed by atoms with E-state index in [1.807, 2.05) is 0 Å². The number of hydrogen-bond donors (Lipinski definition) is 2. The van der Waals surface area contributed by atoms with Crippen LogP contribution in [0, 0.1) is 0 Å². The summed E-state index contributed by atoms with van der Waals surface area (Å²) in [4.78, 5) is 3.77. The fourth-order valence-electron chi connectivity index (χ4n) is 0.913. The first-order chi connectivity index (χ1) is 6.47. The van der Waals surface area contributed by atoms with E-state index in [9.17, 15) is 8.78 Å². The van der Waals surface area contributed by atoms with E-state index < -0.39 is 18.6 Å². The Morgan fingerprint density at radius 3 is 2.53 bits per heavy atom. The molecule has 0 aliphatic rings. The highest BCUT2D eigenvalue weighted by molar-refractivity contribution is 9.10. The Labute approximate surface area is 100 Å². The van der Waals surface area contributed by atoms with Gasteiger partial charge in [-0.25, -0.2) is 13.8 Å². The van der Waals surface area contributed by atoms with Gasteiger partial charge < -0.3 is 10.8 Å². The average Bonchev–Trinajstić information content (AvgIpc) is 2.18. The molecule has 0 saturated carbocycles. The predicted molar refractivity (Wildman–Crippen MR) is 58.1 cm³/mol. The van der Waals surface area contributed by atoms with E-state index >= 15 is 0 Å². The van der Waals surface area contributed by atoms with Gasteiger partial charge in [-0.3, -0.25) is 0 Å². The van der Waals surface area contributed by atoms with Crippen LogP contribution in [0.2, 0.25) is 0 Å². The van der Waals surface area contributed by atoms with Crippen molar-refractivity contribution in [1.82, 2.24) is 4.98 Å². The first kappa shape index (κ1) is 14.7. The molecule has 3 nitrogen and oxygen atoms in total. The summed E-state index contributed by atoms with van der Waals surface area (Å²) in [5.74, 6) is -3.32. The maximum Gasteiger partial charge on any atom is 0.289 e. The maximum absolute atomic E-state index is 12.9. The summed E-state index contributed by atoms with van der Waals surface area (Å²) in [7, 11) is 0. The SMILES string of the molecule is Cl.N[C@H](c1ccc(Br)nc1)C(F)(F)CO. The number of halogens is 4. The first-order valence-corrected chi connectivity index (χ1v) is 4.62. The zero-order chi connectivity index (χ0) is 10.8. The van der Waals surface area contributed by atoms with Crippen LogP contribution in [0.25, 0.3) is 0 Å². The summed E-state index contributed by atoms with van der Waals surface area (Å²) in [6, 6.07) is 1.42. The quantitative estimate of drug-likeness (QED) is 0.839. The number of aliphatic hydroxyl groups excluding tert-OH is 1. The molecule has 1 aromatic heterocycles. The van der Waals surface area contributed by atoms with Crippen molar-refractivity contribution in [2.24, 2.45) is 5.73 Å². The minimum Gasteiger partial charge on any atom is -0.390 e. The number of rotatable bonds is 3. The van der Waals surface area contributed by atoms with Gasteiger partial charge in [-0.2, -0.15) is 0 Å². The molecule has 1 atom stereocenters. The molecule has 3 N–H and O–H groups in total. The number of aliphatic hydroxyl groups is 1. The van der Waals surface area contributed by atoms with Gasteiger partial charge in [0.15, 0.2) is 0 Å².